The number of nitriles is 1. The summed E-state index contributed by atoms with van der Waals surface area (Å²) < 4.78 is 12.5. The minimum absolute atomic E-state index is 0.353. The van der Waals surface area contributed by atoms with Gasteiger partial charge < -0.3 is 9.47 Å². The van der Waals surface area contributed by atoms with E-state index in [4.69, 9.17) is 21.1 Å². The lowest BCUT2D eigenvalue weighted by Gasteiger charge is -2.14. The average Bonchev–Trinajstić information content (AvgIpc) is 3.15. The Labute approximate surface area is 204 Å². The van der Waals surface area contributed by atoms with E-state index in [-0.39, 0.29) is 0 Å². The summed E-state index contributed by atoms with van der Waals surface area (Å²) in [5, 5.41) is 11.1. The molecule has 0 fully saturated rings. The van der Waals surface area contributed by atoms with Gasteiger partial charge in [0.1, 0.15) is 17.7 Å². The normalized spacial score (nSPS) is 13.1. The molecule has 0 atom stereocenters. The molecule has 7 heteroatoms. The number of ether oxygens (including phenoxy) is 2. The Morgan fingerprint density at radius 2 is 2.06 bits per heavy atom. The molecule has 4 rings (SSSR count). The molecule has 0 N–H and O–H groups in total. The number of fused-ring (bicyclic) bond motifs is 1. The van der Waals surface area contributed by atoms with E-state index in [9.17, 15) is 5.26 Å². The Hall–Kier alpha value is -2.08. The highest BCUT2D eigenvalue weighted by Gasteiger charge is 2.20. The number of thiophene rings is 1. The molecule has 158 valence electrons. The maximum Gasteiger partial charge on any atom is 0.174 e. The summed E-state index contributed by atoms with van der Waals surface area (Å²) in [5.41, 5.74) is 3.73. The van der Waals surface area contributed by atoms with Crippen molar-refractivity contribution in [3.63, 3.8) is 0 Å². The van der Waals surface area contributed by atoms with E-state index >= 15 is 0 Å². The first kappa shape index (κ1) is 22.1. The smallest absolute Gasteiger partial charge is 0.174 e. The monoisotopic (exact) mass is 562 g/mol. The predicted molar refractivity (Wildman–Crippen MR) is 134 cm³/mol. The number of aliphatic imine (C=N–C) groups is 1. The van der Waals surface area contributed by atoms with Gasteiger partial charge in [-0.1, -0.05) is 29.8 Å². The first-order valence-electron chi connectivity index (χ1n) is 9.93. The SMILES string of the molecule is COc1cc(C=Nc2sc3c(c2C#N)CCCC3)cc(I)c1OCc1ccccc1Cl. The standard InChI is InChI=1S/C24H20ClIN2O2S/c1-29-21-11-15(10-20(26)23(21)30-14-16-6-2-4-8-19(16)25)13-28-24-18(12-27)17-7-3-5-9-22(17)31-24/h2,4,6,8,10-11,13H,3,5,7,9,14H2,1H3. The minimum atomic E-state index is 0.353. The van der Waals surface area contributed by atoms with Crippen LogP contribution in [0.15, 0.2) is 41.4 Å². The van der Waals surface area contributed by atoms with Crippen LogP contribution >= 0.6 is 45.5 Å². The van der Waals surface area contributed by atoms with Gasteiger partial charge in [-0.3, -0.25) is 0 Å². The first-order valence-corrected chi connectivity index (χ1v) is 12.2. The second-order valence-corrected chi connectivity index (χ2v) is 9.83. The Balaban J connectivity index is 1.58. The van der Waals surface area contributed by atoms with Crippen molar-refractivity contribution in [2.24, 2.45) is 4.99 Å². The molecule has 0 radical (unpaired) electrons. The maximum absolute atomic E-state index is 9.63. The highest BCUT2D eigenvalue weighted by Crippen LogP contribution is 2.40. The fourth-order valence-corrected chi connectivity index (χ4v) is 5.77. The largest absolute Gasteiger partial charge is 0.493 e. The number of rotatable bonds is 6. The fourth-order valence-electron chi connectivity index (χ4n) is 3.61. The number of hydrogen-bond donors (Lipinski definition) is 0. The summed E-state index contributed by atoms with van der Waals surface area (Å²) in [6, 6.07) is 13.9. The number of aryl methyl sites for hydroxylation is 1. The maximum atomic E-state index is 9.63. The number of hydrogen-bond acceptors (Lipinski definition) is 5. The Bertz CT molecular complexity index is 1180. The van der Waals surface area contributed by atoms with Gasteiger partial charge in [-0.2, -0.15) is 5.26 Å². The van der Waals surface area contributed by atoms with Crippen LogP contribution in [0, 0.1) is 14.9 Å². The van der Waals surface area contributed by atoms with Crippen molar-refractivity contribution >= 4 is 56.7 Å². The second kappa shape index (κ2) is 10.0. The van der Waals surface area contributed by atoms with Crippen LogP contribution in [0.5, 0.6) is 11.5 Å². The molecular weight excluding hydrogens is 543 g/mol. The molecule has 2 aromatic carbocycles. The molecule has 3 aromatic rings. The minimum Gasteiger partial charge on any atom is -0.493 e. The Morgan fingerprint density at radius 1 is 1.26 bits per heavy atom. The zero-order valence-electron chi connectivity index (χ0n) is 17.0. The molecule has 1 aliphatic carbocycles. The van der Waals surface area contributed by atoms with Gasteiger partial charge in [-0.15, -0.1) is 11.3 Å². The van der Waals surface area contributed by atoms with Crippen molar-refractivity contribution in [1.29, 1.82) is 5.26 Å². The van der Waals surface area contributed by atoms with Crippen LogP contribution in [-0.2, 0) is 19.4 Å². The summed E-state index contributed by atoms with van der Waals surface area (Å²) in [6.07, 6.45) is 6.15. The molecule has 1 heterocycles. The second-order valence-electron chi connectivity index (χ2n) is 7.18. The lowest BCUT2D eigenvalue weighted by Crippen LogP contribution is -2.01. The number of benzene rings is 2. The van der Waals surface area contributed by atoms with E-state index in [2.05, 4.69) is 33.7 Å². The fraction of sp³-hybridized carbons (Fsp3) is 0.250. The van der Waals surface area contributed by atoms with Gasteiger partial charge >= 0.3 is 0 Å². The van der Waals surface area contributed by atoms with E-state index < -0.39 is 0 Å². The Morgan fingerprint density at radius 3 is 2.84 bits per heavy atom. The van der Waals surface area contributed by atoms with Crippen LogP contribution in [0.3, 0.4) is 0 Å². The van der Waals surface area contributed by atoms with Crippen LogP contribution in [0.25, 0.3) is 0 Å². The highest BCUT2D eigenvalue weighted by molar-refractivity contribution is 14.1. The number of halogens is 2. The molecule has 31 heavy (non-hydrogen) atoms. The van der Waals surface area contributed by atoms with Crippen LogP contribution in [0.2, 0.25) is 5.02 Å². The molecule has 0 amide bonds. The third-order valence-corrected chi connectivity index (χ3v) is 7.55. The van der Waals surface area contributed by atoms with Crippen molar-refractivity contribution in [2.45, 2.75) is 32.3 Å². The van der Waals surface area contributed by atoms with Crippen molar-refractivity contribution in [3.05, 3.63) is 72.1 Å². The topological polar surface area (TPSA) is 54.6 Å². The van der Waals surface area contributed by atoms with Gasteiger partial charge in [0, 0.05) is 21.7 Å². The molecule has 0 saturated carbocycles. The molecule has 1 aromatic heterocycles. The van der Waals surface area contributed by atoms with Crippen LogP contribution in [0.4, 0.5) is 5.00 Å². The first-order chi connectivity index (χ1) is 15.1. The predicted octanol–water partition coefficient (Wildman–Crippen LogP) is 7.09. The van der Waals surface area contributed by atoms with Gasteiger partial charge in [0.15, 0.2) is 11.5 Å². The third kappa shape index (κ3) is 4.89. The molecular formula is C24H20ClIN2O2S. The van der Waals surface area contributed by atoms with Gasteiger partial charge in [0.05, 0.1) is 16.2 Å². The van der Waals surface area contributed by atoms with Gasteiger partial charge in [-0.25, -0.2) is 4.99 Å². The van der Waals surface area contributed by atoms with Crippen molar-refractivity contribution in [3.8, 4) is 17.6 Å². The van der Waals surface area contributed by atoms with Crippen molar-refractivity contribution < 1.29 is 9.47 Å². The van der Waals surface area contributed by atoms with Crippen molar-refractivity contribution in [1.82, 2.24) is 0 Å². The molecule has 0 saturated heterocycles. The molecule has 0 bridgehead atoms. The molecule has 1 aliphatic rings. The molecule has 4 nitrogen and oxygen atoms in total. The lowest BCUT2D eigenvalue weighted by molar-refractivity contribution is 0.282. The van der Waals surface area contributed by atoms with E-state index in [1.54, 1.807) is 24.7 Å². The summed E-state index contributed by atoms with van der Waals surface area (Å²) in [4.78, 5) is 5.97. The number of nitrogens with zero attached hydrogens (tertiary/aromatic N) is 2. The quantitative estimate of drug-likeness (QED) is 0.238. The molecule has 0 spiro atoms. The molecule has 0 unspecified atom stereocenters. The third-order valence-electron chi connectivity index (χ3n) is 5.18. The average molecular weight is 563 g/mol. The van der Waals surface area contributed by atoms with Gasteiger partial charge in [0.2, 0.25) is 0 Å². The van der Waals surface area contributed by atoms with Crippen LogP contribution < -0.4 is 9.47 Å². The van der Waals surface area contributed by atoms with E-state index in [0.717, 1.165) is 44.5 Å². The van der Waals surface area contributed by atoms with Gasteiger partial charge in [0.25, 0.3) is 0 Å². The Kier molecular flexibility index (Phi) is 7.16. The highest BCUT2D eigenvalue weighted by atomic mass is 127. The summed E-state index contributed by atoms with van der Waals surface area (Å²) in [7, 11) is 1.62. The van der Waals surface area contributed by atoms with Crippen molar-refractivity contribution in [2.75, 3.05) is 7.11 Å². The summed E-state index contributed by atoms with van der Waals surface area (Å²) in [5.74, 6) is 1.30. The van der Waals surface area contributed by atoms with E-state index in [1.165, 1.54) is 16.9 Å². The zero-order chi connectivity index (χ0) is 21.8. The lowest BCUT2D eigenvalue weighted by atomic mass is 9.96. The zero-order valence-corrected chi connectivity index (χ0v) is 20.7. The van der Waals surface area contributed by atoms with E-state index in [1.807, 2.05) is 36.4 Å². The van der Waals surface area contributed by atoms with Gasteiger partial charge in [-0.05, 0) is 77.6 Å². The van der Waals surface area contributed by atoms with Crippen LogP contribution in [-0.4, -0.2) is 13.3 Å². The van der Waals surface area contributed by atoms with Crippen LogP contribution in [0.1, 0.15) is 40.0 Å². The van der Waals surface area contributed by atoms with E-state index in [0.29, 0.717) is 23.1 Å². The summed E-state index contributed by atoms with van der Waals surface area (Å²) in [6.45, 7) is 0.353. The summed E-state index contributed by atoms with van der Waals surface area (Å²) >= 11 is 10.1. The number of methoxy groups -OCH3 is 1. The molecule has 0 aliphatic heterocycles.